The highest BCUT2D eigenvalue weighted by Crippen LogP contribution is 2.34. The highest BCUT2D eigenvalue weighted by atomic mass is 16.3. The second kappa shape index (κ2) is 16.5. The second-order valence-corrected chi connectivity index (χ2v) is 21.1. The maximum absolute atomic E-state index is 7.42. The number of aromatic nitrogens is 4. The van der Waals surface area contributed by atoms with Gasteiger partial charge in [-0.25, -0.2) is 15.0 Å². The SMILES string of the molecule is Bc1c(B)c(B)c(-c2nc(-c3c(B)c(B)c(B)c(B)c3B)nc(-c3c(B)c(B)c4c(oc5c(B)c(B)c(B)c(-n6c7c(B)c(B)c(B)c(B)c7c7c(B)c(B)c(B)c(B)c76)c54)c3B)n2)c(B)c1B. The first-order valence-electron chi connectivity index (χ1n) is 24.7. The number of hydrogen-bond donors (Lipinski definition) is 0. The third kappa shape index (κ3) is 6.40. The molecule has 0 saturated carbocycles. The van der Waals surface area contributed by atoms with Gasteiger partial charge in [0, 0.05) is 33.1 Å². The predicted molar refractivity (Wildman–Crippen MR) is 374 cm³/mol. The number of fused-ring (bicyclic) bond motifs is 6. The third-order valence-electron chi connectivity index (χ3n) is 18.5. The van der Waals surface area contributed by atoms with Crippen molar-refractivity contribution in [3.8, 4) is 39.9 Å². The lowest BCUT2D eigenvalue weighted by molar-refractivity contribution is 0.674. The van der Waals surface area contributed by atoms with Gasteiger partial charge < -0.3 is 8.98 Å². The molecule has 3 aromatic heterocycles. The first kappa shape index (κ1) is 48.5. The molecule has 6 aromatic carbocycles. The van der Waals surface area contributed by atoms with Crippen LogP contribution in [0.5, 0.6) is 0 Å². The van der Waals surface area contributed by atoms with E-state index >= 15 is 0 Å². The van der Waals surface area contributed by atoms with E-state index in [1.165, 1.54) is 153 Å². The zero-order valence-electron chi connectivity index (χ0n) is 45.7. The Morgan fingerprint density at radius 3 is 0.882 bits per heavy atom. The summed E-state index contributed by atoms with van der Waals surface area (Å²) in [6.07, 6.45) is 0. The van der Waals surface area contributed by atoms with Gasteiger partial charge in [0.05, 0.1) is 11.1 Å². The zero-order chi connectivity index (χ0) is 49.9. The first-order chi connectivity index (χ1) is 31.8. The Labute approximate surface area is 424 Å². The van der Waals surface area contributed by atoms with Crippen LogP contribution in [0.25, 0.3) is 83.6 Å². The Morgan fingerprint density at radius 1 is 0.235 bits per heavy atom. The van der Waals surface area contributed by atoms with Gasteiger partial charge in [-0.3, -0.25) is 0 Å². The molecule has 68 heavy (non-hydrogen) atoms. The van der Waals surface area contributed by atoms with E-state index in [-0.39, 0.29) is 0 Å². The van der Waals surface area contributed by atoms with Gasteiger partial charge in [0.25, 0.3) is 0 Å². The fourth-order valence-corrected chi connectivity index (χ4v) is 12.2. The molecular formula is C39H48B24N4O. The minimum atomic E-state index is 0.676. The van der Waals surface area contributed by atoms with E-state index in [4.69, 9.17) is 19.4 Å². The molecule has 0 aliphatic carbocycles. The average molecular weight is 848 g/mol. The third-order valence-corrected chi connectivity index (χ3v) is 18.5. The molecule has 0 unspecified atom stereocenters. The highest BCUT2D eigenvalue weighted by molar-refractivity contribution is 6.74. The number of hydrogen-bond acceptors (Lipinski definition) is 4. The number of furan rings is 1. The van der Waals surface area contributed by atoms with E-state index in [1.807, 2.05) is 0 Å². The van der Waals surface area contributed by atoms with Crippen LogP contribution in [0.3, 0.4) is 0 Å². The van der Waals surface area contributed by atoms with E-state index in [1.54, 1.807) is 0 Å². The summed E-state index contributed by atoms with van der Waals surface area (Å²) in [5, 5.41) is 5.06. The lowest BCUT2D eigenvalue weighted by Gasteiger charge is -2.23. The van der Waals surface area contributed by atoms with Crippen molar-refractivity contribution in [3.63, 3.8) is 0 Å². The summed E-state index contributed by atoms with van der Waals surface area (Å²) in [7, 11) is 54.4. The van der Waals surface area contributed by atoms with E-state index in [2.05, 4.69) is 193 Å². The van der Waals surface area contributed by atoms with Crippen molar-refractivity contribution in [1.29, 1.82) is 0 Å². The lowest BCUT2D eigenvalue weighted by atomic mass is 9.60. The van der Waals surface area contributed by atoms with Crippen molar-refractivity contribution < 1.29 is 4.42 Å². The Bertz CT molecular complexity index is 3640. The minimum absolute atomic E-state index is 0.676. The van der Waals surface area contributed by atoms with Crippen molar-refractivity contribution in [1.82, 2.24) is 19.5 Å². The zero-order valence-corrected chi connectivity index (χ0v) is 45.7. The van der Waals surface area contributed by atoms with Crippen molar-refractivity contribution in [2.24, 2.45) is 0 Å². The number of benzene rings is 6. The van der Waals surface area contributed by atoms with Crippen LogP contribution in [0, 0.1) is 0 Å². The van der Waals surface area contributed by atoms with Gasteiger partial charge in [-0.15, -0.1) is 43.7 Å². The smallest absolute Gasteiger partial charge is 0.163 e. The topological polar surface area (TPSA) is 56.7 Å². The highest BCUT2D eigenvalue weighted by Gasteiger charge is 2.30. The summed E-state index contributed by atoms with van der Waals surface area (Å²) in [5.41, 5.74) is 39.3. The fourth-order valence-electron chi connectivity index (χ4n) is 12.2. The minimum Gasteiger partial charge on any atom is -0.457 e. The molecule has 3 heterocycles. The molecule has 29 heteroatoms. The largest absolute Gasteiger partial charge is 0.457 e. The average Bonchev–Trinajstić information content (AvgIpc) is 3.88. The molecule has 0 amide bonds. The quantitative estimate of drug-likeness (QED) is 0.166. The van der Waals surface area contributed by atoms with Gasteiger partial charge in [-0.1, -0.05) is 81.9 Å². The van der Waals surface area contributed by atoms with Crippen LogP contribution < -0.4 is 131 Å². The number of nitrogens with zero attached hydrogens (tertiary/aromatic N) is 4. The number of rotatable bonds is 4. The molecule has 0 N–H and O–H groups in total. The van der Waals surface area contributed by atoms with Crippen LogP contribution in [0.2, 0.25) is 0 Å². The molecule has 9 aromatic rings. The van der Waals surface area contributed by atoms with Gasteiger partial charge >= 0.3 is 0 Å². The van der Waals surface area contributed by atoms with E-state index in [0.717, 1.165) is 44.2 Å². The molecule has 0 aliphatic heterocycles. The molecule has 0 spiro atoms. The molecule has 0 aliphatic rings. The summed E-state index contributed by atoms with van der Waals surface area (Å²) in [5.74, 6) is 2.10. The van der Waals surface area contributed by atoms with Gasteiger partial charge in [0.15, 0.2) is 17.5 Å². The van der Waals surface area contributed by atoms with E-state index in [9.17, 15) is 0 Å². The monoisotopic (exact) mass is 853 g/mol. The maximum Gasteiger partial charge on any atom is 0.163 e. The lowest BCUT2D eigenvalue weighted by Crippen LogP contribution is -2.55. The van der Waals surface area contributed by atoms with Gasteiger partial charge in [0.1, 0.15) is 199 Å². The second-order valence-electron chi connectivity index (χ2n) is 21.1. The van der Waals surface area contributed by atoms with E-state index < -0.39 is 0 Å². The standard InChI is InChI=1S/C39H48B24N4O/c40-8-1-2-9(41)18(50)26(58)29(61)33(2)67(32(1)28(60)25(57)17(8)49)34-4-3-10(42)11(43)7(16(48)35(3)68-36(4)31(63)27(59)30(34)62)39-65-37(5-12(44)19(51)23(55)20(52)13(5)45)64-38(66-39)6-14(46)21(53)24(56)22(54)15(6)47/h40-63H2. The molecule has 0 radical (unpaired) electrons. The predicted octanol–water partition coefficient (Wildman–Crippen LogP) is -31.9. The van der Waals surface area contributed by atoms with Crippen LogP contribution in [0.1, 0.15) is 0 Å². The molecule has 5 nitrogen and oxygen atoms in total. The van der Waals surface area contributed by atoms with Crippen LogP contribution in [-0.4, -0.2) is 208 Å². The Morgan fingerprint density at radius 2 is 0.500 bits per heavy atom. The first-order valence-corrected chi connectivity index (χ1v) is 24.7. The van der Waals surface area contributed by atoms with Crippen molar-refractivity contribution in [2.75, 3.05) is 0 Å². The molecule has 0 fully saturated rings. The molecule has 9 rings (SSSR count). The van der Waals surface area contributed by atoms with Crippen LogP contribution in [-0.2, 0) is 0 Å². The van der Waals surface area contributed by atoms with E-state index in [0.29, 0.717) is 17.5 Å². The van der Waals surface area contributed by atoms with Crippen molar-refractivity contribution >= 4 is 363 Å². The van der Waals surface area contributed by atoms with Gasteiger partial charge in [-0.2, -0.15) is 0 Å². The molecule has 302 valence electrons. The Balaban J connectivity index is 1.47. The normalized spacial score (nSPS) is 11.8. The van der Waals surface area contributed by atoms with Crippen LogP contribution in [0.15, 0.2) is 4.42 Å². The molecular weight excluding hydrogens is 800 g/mol. The summed E-state index contributed by atoms with van der Waals surface area (Å²) in [6.45, 7) is 0. The van der Waals surface area contributed by atoms with Crippen LogP contribution in [0.4, 0.5) is 0 Å². The van der Waals surface area contributed by atoms with Crippen LogP contribution >= 0.6 is 0 Å². The fraction of sp³-hybridized carbons (Fsp3) is 0. The molecule has 0 bridgehead atoms. The summed E-state index contributed by atoms with van der Waals surface area (Å²) < 4.78 is 10.1. The molecule has 0 atom stereocenters. The molecule has 0 saturated heterocycles. The van der Waals surface area contributed by atoms with Crippen molar-refractivity contribution in [2.45, 2.75) is 0 Å². The Kier molecular flexibility index (Phi) is 11.8. The van der Waals surface area contributed by atoms with Crippen molar-refractivity contribution in [3.05, 3.63) is 0 Å². The van der Waals surface area contributed by atoms with Gasteiger partial charge in [0.2, 0.25) is 0 Å². The summed E-state index contributed by atoms with van der Waals surface area (Å²) in [6, 6.07) is 0. The maximum atomic E-state index is 7.42. The Hall–Kier alpha value is -4.51. The summed E-state index contributed by atoms with van der Waals surface area (Å²) in [4.78, 5) is 16.6. The summed E-state index contributed by atoms with van der Waals surface area (Å²) >= 11 is 0. The van der Waals surface area contributed by atoms with Gasteiger partial charge in [-0.05, 0) is 16.2 Å².